The number of hydrogen-bond acceptors (Lipinski definition) is 11. The van der Waals surface area contributed by atoms with Crippen LogP contribution in [0, 0.1) is 17.8 Å². The maximum Gasteiger partial charge on any atom is 0.326 e. The van der Waals surface area contributed by atoms with E-state index in [9.17, 15) is 53.4 Å². The topological polar surface area (TPSA) is 383 Å². The van der Waals surface area contributed by atoms with Gasteiger partial charge in [-0.2, -0.15) is 0 Å². The molecule has 22 nitrogen and oxygen atoms in total. The van der Waals surface area contributed by atoms with Crippen LogP contribution in [-0.2, 0) is 43.2 Å². The van der Waals surface area contributed by atoms with Gasteiger partial charge in [-0.1, -0.05) is 54.4 Å². The average molecular weight is 800 g/mol. The molecule has 0 aliphatic rings. The molecule has 318 valence electrons. The molecule has 0 saturated carbocycles. The molecular weight excluding hydrogens is 738 g/mol. The summed E-state index contributed by atoms with van der Waals surface area (Å²) in [5.41, 5.74) is 21.7. The summed E-state index contributed by atoms with van der Waals surface area (Å²) in [7, 11) is 0. The van der Waals surface area contributed by atoms with Gasteiger partial charge in [0.15, 0.2) is 5.96 Å². The molecule has 22 heteroatoms. The van der Waals surface area contributed by atoms with Crippen molar-refractivity contribution in [2.45, 2.75) is 123 Å². The molecule has 8 atom stereocenters. The van der Waals surface area contributed by atoms with E-state index in [-0.39, 0.29) is 43.6 Å². The third-order valence-corrected chi connectivity index (χ3v) is 8.74. The van der Waals surface area contributed by atoms with E-state index in [0.717, 1.165) is 0 Å². The molecular formula is C34H61N11O11. The summed E-state index contributed by atoms with van der Waals surface area (Å²) in [6.45, 7) is 9.66. The molecule has 0 spiro atoms. The number of carbonyl (C=O) groups is 9. The van der Waals surface area contributed by atoms with E-state index in [1.54, 1.807) is 41.5 Å². The quantitative estimate of drug-likeness (QED) is 0.0218. The zero-order valence-corrected chi connectivity index (χ0v) is 32.9. The smallest absolute Gasteiger partial charge is 0.326 e. The van der Waals surface area contributed by atoms with Gasteiger partial charge in [-0.25, -0.2) is 4.79 Å². The van der Waals surface area contributed by atoms with Crippen LogP contribution in [0.1, 0.15) is 86.5 Å². The van der Waals surface area contributed by atoms with E-state index in [0.29, 0.717) is 12.8 Å². The number of carboxylic acids is 2. The molecule has 0 aliphatic carbocycles. The van der Waals surface area contributed by atoms with Gasteiger partial charge in [0, 0.05) is 6.54 Å². The van der Waals surface area contributed by atoms with Crippen molar-refractivity contribution in [1.82, 2.24) is 31.9 Å². The Balaban J connectivity index is 5.95. The van der Waals surface area contributed by atoms with Crippen LogP contribution in [0.15, 0.2) is 4.99 Å². The SMILES string of the molecule is CC[C@H](C)[C@H](N)C(=O)N[C@@H](CC(N)=O)C(=O)NCC(=O)N[C@@H](CC(=O)O)C(=O)N[C@H](C(=O)N[C@@H](CC(C)C)C(=O)N[C@@H](CCCN=C(N)N)C(=O)O)[C@@H](C)CC. The van der Waals surface area contributed by atoms with Crippen molar-refractivity contribution in [3.63, 3.8) is 0 Å². The maximum absolute atomic E-state index is 13.6. The average Bonchev–Trinajstić information content (AvgIpc) is 3.10. The molecule has 0 aromatic rings. The van der Waals surface area contributed by atoms with E-state index in [2.05, 4.69) is 36.9 Å². The second-order valence-electron chi connectivity index (χ2n) is 14.0. The highest BCUT2D eigenvalue weighted by Crippen LogP contribution is 2.13. The highest BCUT2D eigenvalue weighted by Gasteiger charge is 2.35. The lowest BCUT2D eigenvalue weighted by atomic mass is 9.96. The van der Waals surface area contributed by atoms with Crippen LogP contribution >= 0.6 is 0 Å². The van der Waals surface area contributed by atoms with Gasteiger partial charge < -0.3 is 65.0 Å². The molecule has 0 saturated heterocycles. The zero-order chi connectivity index (χ0) is 43.3. The summed E-state index contributed by atoms with van der Waals surface area (Å²) in [5.74, 6) is -10.4. The second-order valence-corrected chi connectivity index (χ2v) is 14.0. The highest BCUT2D eigenvalue weighted by molar-refractivity contribution is 5.98. The molecule has 0 bridgehead atoms. The standard InChI is InChI=1S/C34H61N11O11/c1-7-17(5)26(36)31(53)43-21(13-23(35)46)28(50)40-15-24(47)41-22(14-25(48)49)30(52)45-27(18(6)8-2)32(54)44-20(12-16(3)4)29(51)42-19(33(55)56)10-9-11-39-34(37)38/h16-22,26-27H,7-15,36H2,1-6H3,(H2,35,46)(H,40,50)(H,41,47)(H,42,51)(H,43,53)(H,44,54)(H,45,52)(H,48,49)(H,55,56)(H4,37,38,39)/t17-,18-,19-,20-,21-,22-,26-,27-/m0/s1. The Morgan fingerprint density at radius 2 is 1.18 bits per heavy atom. The minimum atomic E-state index is -1.75. The second kappa shape index (κ2) is 25.5. The lowest BCUT2D eigenvalue weighted by molar-refractivity contribution is -0.142. The first-order valence-corrected chi connectivity index (χ1v) is 18.4. The van der Waals surface area contributed by atoms with Crippen LogP contribution in [0.3, 0.4) is 0 Å². The number of hydrogen-bond donors (Lipinski definition) is 12. The molecule has 0 heterocycles. The third kappa shape index (κ3) is 19.7. The fraction of sp³-hybridized carbons (Fsp3) is 0.706. The molecule has 0 rings (SSSR count). The Labute approximate surface area is 325 Å². The Morgan fingerprint density at radius 1 is 0.643 bits per heavy atom. The zero-order valence-electron chi connectivity index (χ0n) is 32.9. The van der Waals surface area contributed by atoms with Gasteiger partial charge >= 0.3 is 11.9 Å². The van der Waals surface area contributed by atoms with Crippen LogP contribution < -0.4 is 54.8 Å². The van der Waals surface area contributed by atoms with Crippen molar-refractivity contribution >= 4 is 59.2 Å². The minimum absolute atomic E-state index is 0.0241. The largest absolute Gasteiger partial charge is 0.481 e. The number of primary amides is 1. The Hall–Kier alpha value is -5.54. The first-order valence-electron chi connectivity index (χ1n) is 18.4. The number of aliphatic imine (C=N–C) groups is 1. The molecule has 0 radical (unpaired) electrons. The predicted octanol–water partition coefficient (Wildman–Crippen LogP) is -3.52. The third-order valence-electron chi connectivity index (χ3n) is 8.74. The monoisotopic (exact) mass is 799 g/mol. The molecule has 0 unspecified atom stereocenters. The van der Waals surface area contributed by atoms with Crippen LogP contribution in [0.5, 0.6) is 0 Å². The molecule has 7 amide bonds. The fourth-order valence-electron chi connectivity index (χ4n) is 5.06. The first-order chi connectivity index (χ1) is 26.0. The van der Waals surface area contributed by atoms with Crippen LogP contribution in [0.25, 0.3) is 0 Å². The van der Waals surface area contributed by atoms with Gasteiger partial charge in [0.1, 0.15) is 30.2 Å². The van der Waals surface area contributed by atoms with Gasteiger partial charge in [0.2, 0.25) is 41.4 Å². The number of nitrogens with zero attached hydrogens (tertiary/aromatic N) is 1. The molecule has 0 aromatic heterocycles. The fourth-order valence-corrected chi connectivity index (χ4v) is 5.06. The number of nitrogens with one attached hydrogen (secondary N) is 6. The van der Waals surface area contributed by atoms with Crippen molar-refractivity contribution in [2.24, 2.45) is 45.7 Å². The number of guanidine groups is 1. The van der Waals surface area contributed by atoms with E-state index in [1.807, 2.05) is 0 Å². The molecule has 0 aliphatic heterocycles. The lowest BCUT2D eigenvalue weighted by Crippen LogP contribution is -2.60. The van der Waals surface area contributed by atoms with Crippen molar-refractivity contribution < 1.29 is 53.4 Å². The summed E-state index contributed by atoms with van der Waals surface area (Å²) >= 11 is 0. The van der Waals surface area contributed by atoms with Crippen molar-refractivity contribution in [3.8, 4) is 0 Å². The van der Waals surface area contributed by atoms with Crippen molar-refractivity contribution in [2.75, 3.05) is 13.1 Å². The van der Waals surface area contributed by atoms with Crippen LogP contribution in [-0.4, -0.2) is 119 Å². The number of carboxylic acid groups (broad SMARTS) is 2. The Kier molecular flexibility index (Phi) is 23.0. The summed E-state index contributed by atoms with van der Waals surface area (Å²) in [5, 5.41) is 33.3. The summed E-state index contributed by atoms with van der Waals surface area (Å²) in [4.78, 5) is 118. The van der Waals surface area contributed by atoms with Crippen LogP contribution in [0.4, 0.5) is 0 Å². The minimum Gasteiger partial charge on any atom is -0.481 e. The van der Waals surface area contributed by atoms with E-state index in [4.69, 9.17) is 22.9 Å². The van der Waals surface area contributed by atoms with Gasteiger partial charge in [-0.05, 0) is 37.0 Å². The molecule has 0 aromatic carbocycles. The van der Waals surface area contributed by atoms with Gasteiger partial charge in [-0.3, -0.25) is 43.3 Å². The normalized spacial score (nSPS) is 15.2. The van der Waals surface area contributed by atoms with Crippen molar-refractivity contribution in [1.29, 1.82) is 0 Å². The first kappa shape index (κ1) is 50.5. The maximum atomic E-state index is 13.6. The van der Waals surface area contributed by atoms with E-state index in [1.165, 1.54) is 0 Å². The number of nitrogens with two attached hydrogens (primary N) is 4. The summed E-state index contributed by atoms with van der Waals surface area (Å²) in [6.07, 6.45) is -0.419. The van der Waals surface area contributed by atoms with E-state index < -0.39 is 115 Å². The summed E-state index contributed by atoms with van der Waals surface area (Å²) < 4.78 is 0. The molecule has 0 fully saturated rings. The Morgan fingerprint density at radius 3 is 1.68 bits per heavy atom. The number of carbonyl (C=O) groups excluding carboxylic acids is 7. The van der Waals surface area contributed by atoms with E-state index >= 15 is 0 Å². The summed E-state index contributed by atoms with van der Waals surface area (Å²) in [6, 6.07) is -8.18. The number of amides is 7. The lowest BCUT2D eigenvalue weighted by Gasteiger charge is -2.29. The number of aliphatic carboxylic acids is 2. The highest BCUT2D eigenvalue weighted by atomic mass is 16.4. The van der Waals surface area contributed by atoms with Crippen molar-refractivity contribution in [3.05, 3.63) is 0 Å². The Bertz CT molecular complexity index is 1420. The predicted molar refractivity (Wildman–Crippen MR) is 203 cm³/mol. The number of rotatable bonds is 27. The van der Waals surface area contributed by atoms with Gasteiger partial charge in [-0.15, -0.1) is 0 Å². The van der Waals surface area contributed by atoms with Crippen LogP contribution in [0.2, 0.25) is 0 Å². The van der Waals surface area contributed by atoms with Gasteiger partial charge in [0.05, 0.1) is 25.4 Å². The van der Waals surface area contributed by atoms with Gasteiger partial charge in [0.25, 0.3) is 0 Å². The molecule has 56 heavy (non-hydrogen) atoms. The molecule has 16 N–H and O–H groups in total.